The minimum atomic E-state index is -10.7. The Balaban J connectivity index is 0.000000256. The van der Waals surface area contributed by atoms with Crippen LogP contribution in [0.3, 0.4) is 0 Å². The summed E-state index contributed by atoms with van der Waals surface area (Å²) in [5, 5.41) is 0. The van der Waals surface area contributed by atoms with Crippen LogP contribution in [0.5, 0.6) is 23.0 Å². The maximum Gasteiger partial charge on any atom is 0.173 e. The molecular formula is C48H52F14N2O8P2. The molecule has 0 radical (unpaired) electrons. The molecule has 2 aromatic heterocycles. The van der Waals surface area contributed by atoms with Gasteiger partial charge in [0, 0.05) is 35.4 Å². The van der Waals surface area contributed by atoms with Crippen LogP contribution in [-0.2, 0) is 32.0 Å². The largest absolute Gasteiger partial charge is 0.487 e. The van der Waals surface area contributed by atoms with E-state index < -0.39 is 15.6 Å². The molecule has 0 spiro atoms. The second-order valence-electron chi connectivity index (χ2n) is 15.4. The van der Waals surface area contributed by atoms with E-state index in [0.717, 1.165) is 22.3 Å². The van der Waals surface area contributed by atoms with Crippen LogP contribution < -0.4 is 28.1 Å². The summed E-state index contributed by atoms with van der Waals surface area (Å²) in [6, 6.07) is 36.5. The van der Waals surface area contributed by atoms with E-state index in [-0.39, 0.29) is 11.6 Å². The van der Waals surface area contributed by atoms with Gasteiger partial charge in [-0.2, -0.15) is 0 Å². The van der Waals surface area contributed by atoms with Gasteiger partial charge in [-0.1, -0.05) is 24.3 Å². The molecular weight excluding hydrogens is 1060 g/mol. The Labute approximate surface area is 416 Å². The van der Waals surface area contributed by atoms with E-state index in [1.54, 1.807) is 24.3 Å². The fourth-order valence-electron chi connectivity index (χ4n) is 5.98. The molecule has 1 aliphatic rings. The zero-order chi connectivity index (χ0) is 54.3. The standard InChI is InChI=1S/C24H20F2N2.C24H32O8.2F6P/c25-23-5-1-19(2-6-23)17-27-13-9-21(10-14-27)22-11-15-28(16-12-22)18-20-3-7-24(26)8-4-20;1-2-6-22-21(5-1)29-17-13-25-9-10-27-15-19-31-23-7-3-4-8-24(23)32-20-16-28-12-11-26-14-18-30-22;2*1-7(2,3,4,5)6/h1-16H,17-18H2;1-8H,9-20H2;;/q+2;;2*-1. The molecule has 4 aromatic carbocycles. The van der Waals surface area contributed by atoms with Gasteiger partial charge in [-0.3, -0.25) is 0 Å². The Morgan fingerprint density at radius 2 is 0.527 bits per heavy atom. The molecule has 1 aliphatic heterocycles. The van der Waals surface area contributed by atoms with Gasteiger partial charge in [0.1, 0.15) is 38.1 Å². The average molecular weight is 1110 g/mol. The van der Waals surface area contributed by atoms with Gasteiger partial charge in [-0.25, -0.2) is 17.9 Å². The first-order valence-electron chi connectivity index (χ1n) is 22.1. The summed E-state index contributed by atoms with van der Waals surface area (Å²) in [6.45, 7) is 6.88. The Morgan fingerprint density at radius 1 is 0.311 bits per heavy atom. The third-order valence-corrected chi connectivity index (χ3v) is 9.06. The molecule has 6 aromatic rings. The van der Waals surface area contributed by atoms with Crippen molar-refractivity contribution in [3.8, 4) is 34.1 Å². The molecule has 0 saturated carbocycles. The van der Waals surface area contributed by atoms with Gasteiger partial charge in [0.15, 0.2) is 60.9 Å². The number of hydrogen-bond donors (Lipinski definition) is 0. The molecule has 0 fully saturated rings. The van der Waals surface area contributed by atoms with Gasteiger partial charge in [-0.05, 0) is 83.9 Å². The van der Waals surface area contributed by atoms with Gasteiger partial charge in [0.05, 0.1) is 52.9 Å². The monoisotopic (exact) mass is 1110 g/mol. The fourth-order valence-corrected chi connectivity index (χ4v) is 5.98. The van der Waals surface area contributed by atoms with Crippen molar-refractivity contribution < 1.29 is 106 Å². The van der Waals surface area contributed by atoms with E-state index in [4.69, 9.17) is 37.9 Å². The van der Waals surface area contributed by atoms with E-state index in [2.05, 4.69) is 33.4 Å². The second kappa shape index (κ2) is 26.0. The molecule has 10 nitrogen and oxygen atoms in total. The SMILES string of the molecule is F[P-](F)(F)(F)(F)F.F[P-](F)(F)(F)(F)F.Fc1ccc(C[n+]2ccc(-c3cc[n+](Cc4ccc(F)cc4)cc3)cc2)cc1.c1ccc2c(c1)OCCOCCOCCOc1ccccc1OCCOCCOCCO2. The molecule has 0 bridgehead atoms. The van der Waals surface area contributed by atoms with Crippen molar-refractivity contribution in [2.45, 2.75) is 13.1 Å². The van der Waals surface area contributed by atoms with E-state index in [1.165, 1.54) is 24.3 Å². The molecule has 0 unspecified atom stereocenters. The van der Waals surface area contributed by atoms with Crippen LogP contribution in [0.25, 0.3) is 11.1 Å². The van der Waals surface area contributed by atoms with Crippen molar-refractivity contribution >= 4 is 15.6 Å². The number of halogens is 14. The van der Waals surface area contributed by atoms with Crippen LogP contribution in [0.2, 0.25) is 0 Å². The molecule has 0 amide bonds. The van der Waals surface area contributed by atoms with Crippen molar-refractivity contribution in [2.24, 2.45) is 0 Å². The Morgan fingerprint density at radius 3 is 0.757 bits per heavy atom. The van der Waals surface area contributed by atoms with E-state index in [1.807, 2.05) is 73.3 Å². The molecule has 3 heterocycles. The number of hydrogen-bond acceptors (Lipinski definition) is 8. The van der Waals surface area contributed by atoms with E-state index in [0.29, 0.717) is 115 Å². The quantitative estimate of drug-likeness (QED) is 0.0959. The summed E-state index contributed by atoms with van der Waals surface area (Å²) >= 11 is 0. The molecule has 410 valence electrons. The smallest absolute Gasteiger partial charge is 0.173 e. The Hall–Kier alpha value is -5.90. The van der Waals surface area contributed by atoms with Crippen LogP contribution in [0.15, 0.2) is 146 Å². The second-order valence-corrected chi connectivity index (χ2v) is 19.3. The molecule has 0 N–H and O–H groups in total. The molecule has 0 saturated heterocycles. The van der Waals surface area contributed by atoms with Crippen molar-refractivity contribution in [1.29, 1.82) is 0 Å². The summed E-state index contributed by atoms with van der Waals surface area (Å²) in [5.74, 6) is 2.30. The first kappa shape index (κ1) is 60.7. The van der Waals surface area contributed by atoms with Gasteiger partial charge in [0.2, 0.25) is 0 Å². The van der Waals surface area contributed by atoms with Crippen LogP contribution in [-0.4, -0.2) is 79.3 Å². The summed E-state index contributed by atoms with van der Waals surface area (Å²) < 4.78 is 194. The predicted molar refractivity (Wildman–Crippen MR) is 249 cm³/mol. The van der Waals surface area contributed by atoms with Crippen molar-refractivity contribution in [2.75, 3.05) is 79.3 Å². The normalized spacial score (nSPS) is 16.4. The van der Waals surface area contributed by atoms with Gasteiger partial charge >= 0.3 is 66.0 Å². The number of ether oxygens (including phenoxy) is 8. The van der Waals surface area contributed by atoms with Crippen LogP contribution in [0.4, 0.5) is 59.1 Å². The fraction of sp³-hybridized carbons (Fsp3) is 0.292. The topological polar surface area (TPSA) is 81.6 Å². The molecule has 26 heteroatoms. The number of para-hydroxylation sites is 4. The van der Waals surface area contributed by atoms with Crippen molar-refractivity contribution in [3.63, 3.8) is 0 Å². The maximum absolute atomic E-state index is 13.0. The molecule has 7 rings (SSSR count). The maximum atomic E-state index is 13.0. The minimum absolute atomic E-state index is 0.218. The number of benzene rings is 4. The first-order chi connectivity index (χ1) is 34.5. The minimum Gasteiger partial charge on any atom is -0.487 e. The van der Waals surface area contributed by atoms with Gasteiger partial charge < -0.3 is 37.9 Å². The van der Waals surface area contributed by atoms with Gasteiger partial charge in [-0.15, -0.1) is 0 Å². The number of pyridine rings is 2. The predicted octanol–water partition coefficient (Wildman–Crippen LogP) is 14.1. The summed E-state index contributed by atoms with van der Waals surface area (Å²) in [7, 11) is -21.3. The zero-order valence-electron chi connectivity index (χ0n) is 39.1. The van der Waals surface area contributed by atoms with E-state index >= 15 is 0 Å². The van der Waals surface area contributed by atoms with Crippen LogP contribution >= 0.6 is 15.6 Å². The van der Waals surface area contributed by atoms with Crippen LogP contribution in [0.1, 0.15) is 11.1 Å². The number of nitrogens with zero attached hydrogens (tertiary/aromatic N) is 2. The Kier molecular flexibility index (Phi) is 21.3. The number of rotatable bonds is 5. The van der Waals surface area contributed by atoms with Crippen molar-refractivity contribution in [1.82, 2.24) is 0 Å². The summed E-state index contributed by atoms with van der Waals surface area (Å²) in [6.07, 6.45) is 8.10. The van der Waals surface area contributed by atoms with E-state index in [9.17, 15) is 59.1 Å². The summed E-state index contributed by atoms with van der Waals surface area (Å²) in [4.78, 5) is 0. The summed E-state index contributed by atoms with van der Waals surface area (Å²) in [5.41, 5.74) is 4.37. The number of aromatic nitrogens is 2. The van der Waals surface area contributed by atoms with Gasteiger partial charge in [0.25, 0.3) is 0 Å². The Bertz CT molecular complexity index is 2320. The van der Waals surface area contributed by atoms with Crippen LogP contribution in [0, 0.1) is 11.6 Å². The molecule has 74 heavy (non-hydrogen) atoms. The third kappa shape index (κ3) is 31.6. The molecule has 0 aliphatic carbocycles. The average Bonchev–Trinajstić information content (AvgIpc) is 3.31. The first-order valence-corrected chi connectivity index (χ1v) is 26.2. The molecule has 0 atom stereocenters. The number of fused-ring (bicyclic) bond motifs is 2. The van der Waals surface area contributed by atoms with Crippen molar-refractivity contribution in [3.05, 3.63) is 169 Å². The zero-order valence-corrected chi connectivity index (χ0v) is 40.9. The third-order valence-electron chi connectivity index (χ3n) is 9.06.